The number of phenolic OH excluding ortho intramolecular Hbond substituents is 1. The van der Waals surface area contributed by atoms with E-state index in [9.17, 15) is 9.50 Å². The van der Waals surface area contributed by atoms with Crippen LogP contribution in [0.3, 0.4) is 0 Å². The van der Waals surface area contributed by atoms with Crippen LogP contribution in [0, 0.1) is 5.82 Å². The average Bonchev–Trinajstić information content (AvgIpc) is 2.20. The highest BCUT2D eigenvalue weighted by atomic mass is 79.9. The van der Waals surface area contributed by atoms with Gasteiger partial charge in [-0.15, -0.1) is 0 Å². The first kappa shape index (κ1) is 12.5. The minimum Gasteiger partial charge on any atom is -0.508 e. The molecule has 0 aliphatic heterocycles. The second-order valence-electron chi connectivity index (χ2n) is 3.50. The molecule has 0 heterocycles. The zero-order chi connectivity index (χ0) is 11.4. The molecular weight excluding hydrogens is 261 g/mol. The number of hydrogen-bond acceptors (Lipinski definition) is 2. The van der Waals surface area contributed by atoms with Gasteiger partial charge >= 0.3 is 0 Å². The maximum absolute atomic E-state index is 13.0. The Morgan fingerprint density at radius 2 is 2.20 bits per heavy atom. The summed E-state index contributed by atoms with van der Waals surface area (Å²) < 4.78 is 13.4. The Labute approximate surface area is 97.6 Å². The molecule has 1 aromatic carbocycles. The molecule has 2 nitrogen and oxygen atoms in total. The van der Waals surface area contributed by atoms with Crippen LogP contribution in [0.4, 0.5) is 4.39 Å². The van der Waals surface area contributed by atoms with E-state index in [1.54, 1.807) is 6.07 Å². The molecular formula is C11H15BrFNO. The van der Waals surface area contributed by atoms with Crippen molar-refractivity contribution in [2.75, 3.05) is 6.54 Å². The zero-order valence-electron chi connectivity index (χ0n) is 8.85. The van der Waals surface area contributed by atoms with E-state index in [0.717, 1.165) is 19.0 Å². The minimum atomic E-state index is -0.445. The van der Waals surface area contributed by atoms with Crippen molar-refractivity contribution in [2.24, 2.45) is 0 Å². The summed E-state index contributed by atoms with van der Waals surface area (Å²) in [6, 6.07) is 2.75. The van der Waals surface area contributed by atoms with E-state index in [1.807, 2.05) is 6.92 Å². The van der Waals surface area contributed by atoms with E-state index >= 15 is 0 Å². The van der Waals surface area contributed by atoms with Crippen molar-refractivity contribution in [3.05, 3.63) is 28.0 Å². The lowest BCUT2D eigenvalue weighted by molar-refractivity contribution is 0.446. The van der Waals surface area contributed by atoms with E-state index in [2.05, 4.69) is 28.2 Å². The highest BCUT2D eigenvalue weighted by Gasteiger charge is 2.12. The average molecular weight is 276 g/mol. The monoisotopic (exact) mass is 275 g/mol. The SMILES string of the molecule is CCCNC(C)c1cc(Br)c(F)cc1O. The molecule has 4 heteroatoms. The maximum Gasteiger partial charge on any atom is 0.141 e. The molecule has 1 rings (SSSR count). The third kappa shape index (κ3) is 3.18. The third-order valence-corrected chi connectivity index (χ3v) is 2.84. The molecule has 0 radical (unpaired) electrons. The maximum atomic E-state index is 13.0. The van der Waals surface area contributed by atoms with Crippen molar-refractivity contribution in [1.82, 2.24) is 5.32 Å². The van der Waals surface area contributed by atoms with E-state index in [4.69, 9.17) is 0 Å². The predicted molar refractivity (Wildman–Crippen MR) is 62.5 cm³/mol. The van der Waals surface area contributed by atoms with E-state index in [-0.39, 0.29) is 11.8 Å². The van der Waals surface area contributed by atoms with Crippen LogP contribution < -0.4 is 5.32 Å². The molecule has 15 heavy (non-hydrogen) atoms. The lowest BCUT2D eigenvalue weighted by Gasteiger charge is -2.15. The molecule has 0 spiro atoms. The number of aromatic hydroxyl groups is 1. The minimum absolute atomic E-state index is 0.00759. The zero-order valence-corrected chi connectivity index (χ0v) is 10.4. The lowest BCUT2D eigenvalue weighted by atomic mass is 10.1. The van der Waals surface area contributed by atoms with Crippen LogP contribution in [-0.4, -0.2) is 11.7 Å². The van der Waals surface area contributed by atoms with Gasteiger partial charge in [0.25, 0.3) is 0 Å². The summed E-state index contributed by atoms with van der Waals surface area (Å²) in [7, 11) is 0. The van der Waals surface area contributed by atoms with E-state index in [1.165, 1.54) is 0 Å². The first-order chi connectivity index (χ1) is 7.06. The van der Waals surface area contributed by atoms with Crippen LogP contribution in [0.5, 0.6) is 5.75 Å². The summed E-state index contributed by atoms with van der Waals surface area (Å²) in [5, 5.41) is 12.8. The standard InChI is InChI=1S/C11H15BrFNO/c1-3-4-14-7(2)8-5-9(12)10(13)6-11(8)15/h5-7,14-15H,3-4H2,1-2H3. The largest absolute Gasteiger partial charge is 0.508 e. The fraction of sp³-hybridized carbons (Fsp3) is 0.455. The Morgan fingerprint density at radius 3 is 2.80 bits per heavy atom. The van der Waals surface area contributed by atoms with E-state index < -0.39 is 5.82 Å². The van der Waals surface area contributed by atoms with Crippen molar-refractivity contribution in [3.63, 3.8) is 0 Å². The van der Waals surface area contributed by atoms with Gasteiger partial charge in [0, 0.05) is 17.7 Å². The van der Waals surface area contributed by atoms with Crippen molar-refractivity contribution >= 4 is 15.9 Å². The summed E-state index contributed by atoms with van der Waals surface area (Å²) in [6.07, 6.45) is 1.02. The van der Waals surface area contributed by atoms with Crippen LogP contribution in [0.25, 0.3) is 0 Å². The fourth-order valence-electron chi connectivity index (χ4n) is 1.37. The molecule has 0 amide bonds. The Morgan fingerprint density at radius 1 is 1.53 bits per heavy atom. The van der Waals surface area contributed by atoms with Gasteiger partial charge in [-0.2, -0.15) is 0 Å². The predicted octanol–water partition coefficient (Wildman–Crippen LogP) is 3.35. The van der Waals surface area contributed by atoms with Crippen molar-refractivity contribution in [1.29, 1.82) is 0 Å². The van der Waals surface area contributed by atoms with Gasteiger partial charge in [0.1, 0.15) is 11.6 Å². The number of hydrogen-bond donors (Lipinski definition) is 2. The van der Waals surface area contributed by atoms with Gasteiger partial charge in [-0.1, -0.05) is 6.92 Å². The van der Waals surface area contributed by atoms with Crippen LogP contribution in [-0.2, 0) is 0 Å². The molecule has 0 fully saturated rings. The summed E-state index contributed by atoms with van der Waals surface area (Å²) in [5.74, 6) is -0.453. The van der Waals surface area contributed by atoms with Crippen molar-refractivity contribution in [3.8, 4) is 5.75 Å². The summed E-state index contributed by atoms with van der Waals surface area (Å²) in [5.41, 5.74) is 0.705. The molecule has 0 aliphatic carbocycles. The lowest BCUT2D eigenvalue weighted by Crippen LogP contribution is -2.19. The van der Waals surface area contributed by atoms with Gasteiger partial charge < -0.3 is 10.4 Å². The van der Waals surface area contributed by atoms with Gasteiger partial charge in [0.15, 0.2) is 0 Å². The van der Waals surface area contributed by atoms with Crippen molar-refractivity contribution < 1.29 is 9.50 Å². The normalized spacial score (nSPS) is 12.8. The second-order valence-corrected chi connectivity index (χ2v) is 4.36. The van der Waals surface area contributed by atoms with Gasteiger partial charge in [0.05, 0.1) is 4.47 Å². The second kappa shape index (κ2) is 5.47. The van der Waals surface area contributed by atoms with Crippen LogP contribution >= 0.6 is 15.9 Å². The molecule has 1 atom stereocenters. The highest BCUT2D eigenvalue weighted by Crippen LogP contribution is 2.29. The number of nitrogens with one attached hydrogen (secondary N) is 1. The van der Waals surface area contributed by atoms with Crippen LogP contribution in [0.2, 0.25) is 0 Å². The number of phenols is 1. The number of benzene rings is 1. The molecule has 0 aliphatic rings. The van der Waals surface area contributed by atoms with Crippen LogP contribution in [0.1, 0.15) is 31.9 Å². The highest BCUT2D eigenvalue weighted by molar-refractivity contribution is 9.10. The van der Waals surface area contributed by atoms with Gasteiger partial charge in [-0.05, 0) is 41.9 Å². The summed E-state index contributed by atoms with van der Waals surface area (Å²) >= 11 is 3.10. The molecule has 84 valence electrons. The molecule has 1 aromatic rings. The molecule has 0 saturated carbocycles. The Balaban J connectivity index is 2.88. The summed E-state index contributed by atoms with van der Waals surface area (Å²) in [4.78, 5) is 0. The van der Waals surface area contributed by atoms with Crippen molar-refractivity contribution in [2.45, 2.75) is 26.3 Å². The molecule has 1 unspecified atom stereocenters. The Hall–Kier alpha value is -0.610. The number of halogens is 2. The smallest absolute Gasteiger partial charge is 0.141 e. The van der Waals surface area contributed by atoms with Gasteiger partial charge in [-0.25, -0.2) is 4.39 Å². The van der Waals surface area contributed by atoms with E-state index in [0.29, 0.717) is 10.0 Å². The molecule has 2 N–H and O–H groups in total. The first-order valence-electron chi connectivity index (χ1n) is 4.97. The van der Waals surface area contributed by atoms with Gasteiger partial charge in [-0.3, -0.25) is 0 Å². The fourth-order valence-corrected chi connectivity index (χ4v) is 1.73. The first-order valence-corrected chi connectivity index (χ1v) is 5.76. The third-order valence-electron chi connectivity index (χ3n) is 2.24. The Bertz CT molecular complexity index is 344. The molecule has 0 saturated heterocycles. The molecule has 0 bridgehead atoms. The van der Waals surface area contributed by atoms with Gasteiger partial charge in [0.2, 0.25) is 0 Å². The quantitative estimate of drug-likeness (QED) is 0.883. The molecule has 0 aromatic heterocycles. The topological polar surface area (TPSA) is 32.3 Å². The van der Waals surface area contributed by atoms with Crippen LogP contribution in [0.15, 0.2) is 16.6 Å². The summed E-state index contributed by atoms with van der Waals surface area (Å²) in [6.45, 7) is 4.88. The number of rotatable bonds is 4. The Kier molecular flexibility index (Phi) is 4.54.